The first-order valence-electron chi connectivity index (χ1n) is 7.17. The Balaban J connectivity index is 0.00000161. The first-order chi connectivity index (χ1) is 9.76. The molecule has 0 aliphatic carbocycles. The van der Waals surface area contributed by atoms with Crippen molar-refractivity contribution in [1.29, 1.82) is 0 Å². The fourth-order valence-electron chi connectivity index (χ4n) is 2.86. The molecule has 1 saturated heterocycles. The molecule has 2 unspecified atom stereocenters. The average Bonchev–Trinajstić information content (AvgIpc) is 3.11. The molecule has 0 saturated carbocycles. The van der Waals surface area contributed by atoms with Crippen molar-refractivity contribution >= 4 is 35.1 Å². The molecule has 1 aliphatic heterocycles. The van der Waals surface area contributed by atoms with Crippen molar-refractivity contribution in [2.24, 2.45) is 11.7 Å². The second-order valence-electron chi connectivity index (χ2n) is 5.65. The Morgan fingerprint density at radius 1 is 1.43 bits per heavy atom. The summed E-state index contributed by atoms with van der Waals surface area (Å²) >= 11 is 3.47. The summed E-state index contributed by atoms with van der Waals surface area (Å²) in [6.45, 7) is 5.17. The number of hydrogen-bond donors (Lipinski definition) is 1. The van der Waals surface area contributed by atoms with Gasteiger partial charge in [-0.25, -0.2) is 4.98 Å². The molecule has 2 N–H and O–H groups in total. The van der Waals surface area contributed by atoms with E-state index in [-0.39, 0.29) is 12.4 Å². The monoisotopic (exact) mass is 343 g/mol. The highest BCUT2D eigenvalue weighted by Gasteiger charge is 2.25. The van der Waals surface area contributed by atoms with Gasteiger partial charge in [0.25, 0.3) is 0 Å². The van der Waals surface area contributed by atoms with E-state index in [1.807, 2.05) is 0 Å². The SMILES string of the molecule is CC1CCN(Cc2csc(-c3ccsc3)n2)C(CN)C1.Cl. The second kappa shape index (κ2) is 7.70. The molecule has 2 aromatic heterocycles. The summed E-state index contributed by atoms with van der Waals surface area (Å²) in [7, 11) is 0. The first kappa shape index (κ1) is 16.9. The van der Waals surface area contributed by atoms with Crippen LogP contribution in [0.4, 0.5) is 0 Å². The maximum atomic E-state index is 5.93. The normalized spacial score (nSPS) is 23.0. The molecule has 0 bridgehead atoms. The first-order valence-corrected chi connectivity index (χ1v) is 8.99. The van der Waals surface area contributed by atoms with Gasteiger partial charge >= 0.3 is 0 Å². The van der Waals surface area contributed by atoms with Crippen molar-refractivity contribution in [2.45, 2.75) is 32.4 Å². The van der Waals surface area contributed by atoms with E-state index < -0.39 is 0 Å². The molecule has 0 radical (unpaired) electrons. The molecule has 1 fully saturated rings. The molecular formula is C15H22ClN3S2. The highest BCUT2D eigenvalue weighted by Crippen LogP contribution is 2.28. The van der Waals surface area contributed by atoms with E-state index >= 15 is 0 Å². The van der Waals surface area contributed by atoms with Crippen LogP contribution in [0.2, 0.25) is 0 Å². The van der Waals surface area contributed by atoms with Crippen LogP contribution in [0.5, 0.6) is 0 Å². The maximum Gasteiger partial charge on any atom is 0.124 e. The Labute approximate surface area is 140 Å². The lowest BCUT2D eigenvalue weighted by Crippen LogP contribution is -2.45. The largest absolute Gasteiger partial charge is 0.329 e. The van der Waals surface area contributed by atoms with E-state index in [9.17, 15) is 0 Å². The number of piperidine rings is 1. The summed E-state index contributed by atoms with van der Waals surface area (Å²) < 4.78 is 0. The van der Waals surface area contributed by atoms with Crippen LogP contribution >= 0.6 is 35.1 Å². The minimum atomic E-state index is 0. The van der Waals surface area contributed by atoms with Crippen LogP contribution in [0.1, 0.15) is 25.5 Å². The summed E-state index contributed by atoms with van der Waals surface area (Å²) in [4.78, 5) is 7.28. The summed E-state index contributed by atoms with van der Waals surface area (Å²) in [6, 6.07) is 2.66. The van der Waals surface area contributed by atoms with E-state index in [4.69, 9.17) is 10.7 Å². The third-order valence-electron chi connectivity index (χ3n) is 4.06. The molecule has 0 spiro atoms. The van der Waals surface area contributed by atoms with E-state index in [1.54, 1.807) is 22.7 Å². The van der Waals surface area contributed by atoms with Crippen LogP contribution in [0.3, 0.4) is 0 Å². The number of likely N-dealkylation sites (tertiary alicyclic amines) is 1. The van der Waals surface area contributed by atoms with Gasteiger partial charge in [-0.05, 0) is 36.8 Å². The molecule has 3 nitrogen and oxygen atoms in total. The molecular weight excluding hydrogens is 322 g/mol. The smallest absolute Gasteiger partial charge is 0.124 e. The molecule has 1 aliphatic rings. The molecule has 2 aromatic rings. The molecule has 6 heteroatoms. The van der Waals surface area contributed by atoms with E-state index in [1.165, 1.54) is 24.1 Å². The molecule has 21 heavy (non-hydrogen) atoms. The van der Waals surface area contributed by atoms with Crippen LogP contribution in [-0.4, -0.2) is 29.0 Å². The van der Waals surface area contributed by atoms with Crippen molar-refractivity contribution in [2.75, 3.05) is 13.1 Å². The third kappa shape index (κ3) is 4.05. The van der Waals surface area contributed by atoms with Crippen LogP contribution in [0.15, 0.2) is 22.2 Å². The van der Waals surface area contributed by atoms with Crippen LogP contribution in [-0.2, 0) is 6.54 Å². The topological polar surface area (TPSA) is 42.2 Å². The van der Waals surface area contributed by atoms with E-state index in [0.29, 0.717) is 6.04 Å². The van der Waals surface area contributed by atoms with Crippen molar-refractivity contribution < 1.29 is 0 Å². The number of hydrogen-bond acceptors (Lipinski definition) is 5. The quantitative estimate of drug-likeness (QED) is 0.916. The number of halogens is 1. The minimum absolute atomic E-state index is 0. The third-order valence-corrected chi connectivity index (χ3v) is 5.68. The standard InChI is InChI=1S/C15H21N3S2.ClH/c1-11-2-4-18(14(6-11)7-16)8-13-10-20-15(17-13)12-3-5-19-9-12;/h3,5,9-11,14H,2,4,6-8,16H2,1H3;1H. The second-order valence-corrected chi connectivity index (χ2v) is 7.28. The highest BCUT2D eigenvalue weighted by molar-refractivity contribution is 7.14. The summed E-state index contributed by atoms with van der Waals surface area (Å²) in [5, 5.41) is 7.59. The van der Waals surface area contributed by atoms with Gasteiger partial charge in [0.05, 0.1) is 5.69 Å². The fraction of sp³-hybridized carbons (Fsp3) is 0.533. The molecule has 116 valence electrons. The molecule has 3 heterocycles. The van der Waals surface area contributed by atoms with Gasteiger partial charge in [-0.2, -0.15) is 11.3 Å². The Hall–Kier alpha value is -0.460. The van der Waals surface area contributed by atoms with Gasteiger partial charge < -0.3 is 5.73 Å². The van der Waals surface area contributed by atoms with Crippen molar-refractivity contribution in [3.05, 3.63) is 27.9 Å². The predicted molar refractivity (Wildman–Crippen MR) is 94.3 cm³/mol. The zero-order valence-corrected chi connectivity index (χ0v) is 14.6. The number of thiazole rings is 1. The van der Waals surface area contributed by atoms with Gasteiger partial charge in [-0.15, -0.1) is 23.7 Å². The van der Waals surface area contributed by atoms with Gasteiger partial charge in [-0.1, -0.05) is 6.92 Å². The number of thiophene rings is 1. The Kier molecular flexibility index (Phi) is 6.20. The molecule has 2 atom stereocenters. The molecule has 3 rings (SSSR count). The van der Waals surface area contributed by atoms with Crippen LogP contribution in [0.25, 0.3) is 10.6 Å². The van der Waals surface area contributed by atoms with E-state index in [0.717, 1.165) is 30.6 Å². The van der Waals surface area contributed by atoms with Gasteiger partial charge in [0.1, 0.15) is 5.01 Å². The predicted octanol–water partition coefficient (Wildman–Crippen LogP) is 3.85. The summed E-state index contributed by atoms with van der Waals surface area (Å²) in [5.74, 6) is 0.802. The van der Waals surface area contributed by atoms with Crippen molar-refractivity contribution in [3.8, 4) is 10.6 Å². The number of aromatic nitrogens is 1. The lowest BCUT2D eigenvalue weighted by molar-refractivity contribution is 0.114. The zero-order valence-electron chi connectivity index (χ0n) is 12.2. The van der Waals surface area contributed by atoms with E-state index in [2.05, 4.69) is 34.0 Å². The number of nitrogens with zero attached hydrogens (tertiary/aromatic N) is 2. The van der Waals surface area contributed by atoms with Crippen molar-refractivity contribution in [3.63, 3.8) is 0 Å². The van der Waals surface area contributed by atoms with Gasteiger partial charge in [0.15, 0.2) is 0 Å². The van der Waals surface area contributed by atoms with Crippen molar-refractivity contribution in [1.82, 2.24) is 9.88 Å². The maximum absolute atomic E-state index is 5.93. The molecule has 0 amide bonds. The number of nitrogens with two attached hydrogens (primary N) is 1. The van der Waals surface area contributed by atoms with Gasteiger partial charge in [0, 0.05) is 35.5 Å². The van der Waals surface area contributed by atoms with Gasteiger partial charge in [-0.3, -0.25) is 4.90 Å². The lowest BCUT2D eigenvalue weighted by Gasteiger charge is -2.37. The van der Waals surface area contributed by atoms with Crippen LogP contribution in [0, 0.1) is 5.92 Å². The van der Waals surface area contributed by atoms with Crippen LogP contribution < -0.4 is 5.73 Å². The zero-order chi connectivity index (χ0) is 13.9. The fourth-order valence-corrected chi connectivity index (χ4v) is 4.38. The minimum Gasteiger partial charge on any atom is -0.329 e. The van der Waals surface area contributed by atoms with Gasteiger partial charge in [0.2, 0.25) is 0 Å². The lowest BCUT2D eigenvalue weighted by atomic mass is 9.92. The Morgan fingerprint density at radius 2 is 2.29 bits per heavy atom. The Morgan fingerprint density at radius 3 is 3.00 bits per heavy atom. The Bertz CT molecular complexity index is 541. The molecule has 0 aromatic carbocycles. The number of rotatable bonds is 4. The highest BCUT2D eigenvalue weighted by atomic mass is 35.5. The summed E-state index contributed by atoms with van der Waals surface area (Å²) in [5.41, 5.74) is 8.36. The summed E-state index contributed by atoms with van der Waals surface area (Å²) in [6.07, 6.45) is 2.50. The average molecular weight is 344 g/mol.